The molecule has 1 aromatic heterocycles. The third-order valence-corrected chi connectivity index (χ3v) is 2.20. The van der Waals surface area contributed by atoms with Crippen LogP contribution in [0.1, 0.15) is 0 Å². The maximum Gasteiger partial charge on any atom is 0.0872 e. The van der Waals surface area contributed by atoms with E-state index in [1.54, 1.807) is 6.20 Å². The van der Waals surface area contributed by atoms with Gasteiger partial charge in [0.1, 0.15) is 0 Å². The zero-order valence-corrected chi connectivity index (χ0v) is 8.07. The van der Waals surface area contributed by atoms with Gasteiger partial charge in [0.25, 0.3) is 0 Å². The standard InChI is InChI=1S/C10H15N3O/c1-2-9(6-11-3-1)13-8-10-7-12-4-5-14-10/h1-3,6,10,12-13H,4-5,7-8H2. The van der Waals surface area contributed by atoms with E-state index in [0.717, 1.165) is 31.9 Å². The zero-order chi connectivity index (χ0) is 9.64. The second-order valence-corrected chi connectivity index (χ2v) is 3.32. The van der Waals surface area contributed by atoms with Gasteiger partial charge in [0.15, 0.2) is 0 Å². The Hall–Kier alpha value is -1.13. The molecule has 1 aliphatic heterocycles. The summed E-state index contributed by atoms with van der Waals surface area (Å²) in [5.74, 6) is 0. The number of ether oxygens (including phenoxy) is 1. The first kappa shape index (κ1) is 9.43. The molecule has 1 fully saturated rings. The Balaban J connectivity index is 1.76. The number of pyridine rings is 1. The molecule has 1 aliphatic rings. The van der Waals surface area contributed by atoms with Crippen molar-refractivity contribution in [1.29, 1.82) is 0 Å². The highest BCUT2D eigenvalue weighted by Gasteiger charge is 2.12. The SMILES string of the molecule is c1cncc(NCC2CNCCO2)c1. The van der Waals surface area contributed by atoms with Gasteiger partial charge in [-0.2, -0.15) is 0 Å². The number of hydrogen-bond acceptors (Lipinski definition) is 4. The number of nitrogens with one attached hydrogen (secondary N) is 2. The van der Waals surface area contributed by atoms with E-state index in [2.05, 4.69) is 15.6 Å². The number of anilines is 1. The van der Waals surface area contributed by atoms with Gasteiger partial charge in [-0.15, -0.1) is 0 Å². The molecular formula is C10H15N3O. The lowest BCUT2D eigenvalue weighted by atomic mass is 10.3. The van der Waals surface area contributed by atoms with Crippen molar-refractivity contribution >= 4 is 5.69 Å². The van der Waals surface area contributed by atoms with Crippen molar-refractivity contribution in [3.8, 4) is 0 Å². The van der Waals surface area contributed by atoms with Gasteiger partial charge in [0.05, 0.1) is 18.4 Å². The predicted octanol–water partition coefficient (Wildman–Crippen LogP) is 0.482. The van der Waals surface area contributed by atoms with E-state index in [9.17, 15) is 0 Å². The van der Waals surface area contributed by atoms with E-state index in [1.165, 1.54) is 0 Å². The molecule has 4 nitrogen and oxygen atoms in total. The highest BCUT2D eigenvalue weighted by Crippen LogP contribution is 2.04. The maximum absolute atomic E-state index is 5.55. The molecule has 0 radical (unpaired) electrons. The molecule has 1 saturated heterocycles. The van der Waals surface area contributed by atoms with E-state index in [4.69, 9.17) is 4.74 Å². The predicted molar refractivity (Wildman–Crippen MR) is 55.3 cm³/mol. The second kappa shape index (κ2) is 4.93. The van der Waals surface area contributed by atoms with Gasteiger partial charge in [-0.1, -0.05) is 0 Å². The Morgan fingerprint density at radius 2 is 2.64 bits per heavy atom. The van der Waals surface area contributed by atoms with Crippen molar-refractivity contribution < 1.29 is 4.74 Å². The van der Waals surface area contributed by atoms with E-state index in [-0.39, 0.29) is 6.10 Å². The molecule has 0 bridgehead atoms. The molecule has 76 valence electrons. The van der Waals surface area contributed by atoms with Gasteiger partial charge in [-0.3, -0.25) is 4.98 Å². The summed E-state index contributed by atoms with van der Waals surface area (Å²) in [5, 5.41) is 6.58. The monoisotopic (exact) mass is 193 g/mol. The minimum Gasteiger partial charge on any atom is -0.381 e. The van der Waals surface area contributed by atoms with E-state index >= 15 is 0 Å². The van der Waals surface area contributed by atoms with Gasteiger partial charge in [0, 0.05) is 32.0 Å². The molecular weight excluding hydrogens is 178 g/mol. The topological polar surface area (TPSA) is 46.2 Å². The maximum atomic E-state index is 5.55. The number of hydrogen-bond donors (Lipinski definition) is 2. The Morgan fingerprint density at radius 3 is 3.36 bits per heavy atom. The molecule has 0 spiro atoms. The fourth-order valence-electron chi connectivity index (χ4n) is 1.45. The van der Waals surface area contributed by atoms with Gasteiger partial charge in [-0.05, 0) is 12.1 Å². The number of nitrogens with zero attached hydrogens (tertiary/aromatic N) is 1. The van der Waals surface area contributed by atoms with Crippen LogP contribution in [0.4, 0.5) is 5.69 Å². The molecule has 2 rings (SSSR count). The fraction of sp³-hybridized carbons (Fsp3) is 0.500. The van der Waals surface area contributed by atoms with Crippen LogP contribution in [0.2, 0.25) is 0 Å². The van der Waals surface area contributed by atoms with Crippen LogP contribution >= 0.6 is 0 Å². The lowest BCUT2D eigenvalue weighted by molar-refractivity contribution is 0.0372. The largest absolute Gasteiger partial charge is 0.381 e. The Kier molecular flexibility index (Phi) is 3.32. The smallest absolute Gasteiger partial charge is 0.0872 e. The number of aromatic nitrogens is 1. The van der Waals surface area contributed by atoms with Gasteiger partial charge < -0.3 is 15.4 Å². The van der Waals surface area contributed by atoms with Crippen LogP contribution in [-0.4, -0.2) is 37.3 Å². The van der Waals surface area contributed by atoms with Crippen molar-refractivity contribution in [2.45, 2.75) is 6.10 Å². The average molecular weight is 193 g/mol. The van der Waals surface area contributed by atoms with Crippen molar-refractivity contribution in [1.82, 2.24) is 10.3 Å². The summed E-state index contributed by atoms with van der Waals surface area (Å²) in [6.45, 7) is 3.52. The summed E-state index contributed by atoms with van der Waals surface area (Å²) in [6, 6.07) is 3.92. The first-order chi connectivity index (χ1) is 6.95. The van der Waals surface area contributed by atoms with Crippen LogP contribution < -0.4 is 10.6 Å². The van der Waals surface area contributed by atoms with Crippen LogP contribution in [0, 0.1) is 0 Å². The molecule has 14 heavy (non-hydrogen) atoms. The fourth-order valence-corrected chi connectivity index (χ4v) is 1.45. The molecule has 2 heterocycles. The third-order valence-electron chi connectivity index (χ3n) is 2.20. The van der Waals surface area contributed by atoms with Crippen molar-refractivity contribution in [2.75, 3.05) is 31.6 Å². The molecule has 0 amide bonds. The Morgan fingerprint density at radius 1 is 1.64 bits per heavy atom. The van der Waals surface area contributed by atoms with E-state index in [1.807, 2.05) is 18.3 Å². The molecule has 1 atom stereocenters. The molecule has 1 aromatic rings. The minimum absolute atomic E-state index is 0.268. The second-order valence-electron chi connectivity index (χ2n) is 3.32. The lowest BCUT2D eigenvalue weighted by Crippen LogP contribution is -2.42. The van der Waals surface area contributed by atoms with E-state index < -0.39 is 0 Å². The molecule has 1 unspecified atom stereocenters. The first-order valence-electron chi connectivity index (χ1n) is 4.91. The Labute approximate surface area is 83.7 Å². The molecule has 2 N–H and O–H groups in total. The normalized spacial score (nSPS) is 21.9. The summed E-state index contributed by atoms with van der Waals surface area (Å²) in [6.07, 6.45) is 3.85. The highest BCUT2D eigenvalue weighted by atomic mass is 16.5. The van der Waals surface area contributed by atoms with Crippen molar-refractivity contribution in [3.05, 3.63) is 24.5 Å². The summed E-state index contributed by atoms with van der Waals surface area (Å²) in [7, 11) is 0. The van der Waals surface area contributed by atoms with Crippen LogP contribution in [0.15, 0.2) is 24.5 Å². The third kappa shape index (κ3) is 2.68. The van der Waals surface area contributed by atoms with Crippen molar-refractivity contribution in [2.24, 2.45) is 0 Å². The quantitative estimate of drug-likeness (QED) is 0.733. The summed E-state index contributed by atoms with van der Waals surface area (Å²) in [5.41, 5.74) is 1.04. The van der Waals surface area contributed by atoms with E-state index in [0.29, 0.717) is 0 Å². The molecule has 0 aliphatic carbocycles. The van der Waals surface area contributed by atoms with Crippen LogP contribution in [0.25, 0.3) is 0 Å². The van der Waals surface area contributed by atoms with Gasteiger partial charge >= 0.3 is 0 Å². The van der Waals surface area contributed by atoms with Crippen molar-refractivity contribution in [3.63, 3.8) is 0 Å². The first-order valence-corrected chi connectivity index (χ1v) is 4.91. The Bertz CT molecular complexity index is 259. The van der Waals surface area contributed by atoms with Crippen LogP contribution in [0.3, 0.4) is 0 Å². The van der Waals surface area contributed by atoms with Crippen LogP contribution in [-0.2, 0) is 4.74 Å². The number of rotatable bonds is 3. The minimum atomic E-state index is 0.268. The molecule has 0 saturated carbocycles. The summed E-state index contributed by atoms with van der Waals surface area (Å²) in [4.78, 5) is 4.03. The summed E-state index contributed by atoms with van der Waals surface area (Å²) < 4.78 is 5.55. The highest BCUT2D eigenvalue weighted by molar-refractivity contribution is 5.39. The lowest BCUT2D eigenvalue weighted by Gasteiger charge is -2.24. The molecule has 4 heteroatoms. The van der Waals surface area contributed by atoms with Crippen LogP contribution in [0.5, 0.6) is 0 Å². The molecule has 0 aromatic carbocycles. The average Bonchev–Trinajstić information content (AvgIpc) is 2.29. The number of morpholine rings is 1. The summed E-state index contributed by atoms with van der Waals surface area (Å²) >= 11 is 0. The zero-order valence-electron chi connectivity index (χ0n) is 8.07. The van der Waals surface area contributed by atoms with Gasteiger partial charge in [-0.25, -0.2) is 0 Å². The van der Waals surface area contributed by atoms with Gasteiger partial charge in [0.2, 0.25) is 0 Å².